The average molecular weight is 221 g/mol. The molecule has 88 valence electrons. The molecule has 1 amide bonds. The van der Waals surface area contributed by atoms with Crippen LogP contribution >= 0.6 is 0 Å². The number of likely N-dealkylation sites (tertiary alicyclic amines) is 1. The van der Waals surface area contributed by atoms with Crippen molar-refractivity contribution in [1.29, 1.82) is 0 Å². The number of alkyl halides is 2. The van der Waals surface area contributed by atoms with Gasteiger partial charge in [-0.3, -0.25) is 0 Å². The molecule has 0 unspecified atom stereocenters. The molecule has 3 nitrogen and oxygen atoms in total. The van der Waals surface area contributed by atoms with Crippen LogP contribution in [0.1, 0.15) is 27.2 Å². The predicted octanol–water partition coefficient (Wildman–Crippen LogP) is 2.30. The topological polar surface area (TPSA) is 29.5 Å². The molecule has 0 aromatic rings. The zero-order valence-corrected chi connectivity index (χ0v) is 9.30. The highest BCUT2D eigenvalue weighted by atomic mass is 19.1. The van der Waals surface area contributed by atoms with E-state index >= 15 is 0 Å². The van der Waals surface area contributed by atoms with Crippen molar-refractivity contribution in [1.82, 2.24) is 4.90 Å². The number of nitrogens with zero attached hydrogens (tertiary/aromatic N) is 1. The Labute approximate surface area is 88.4 Å². The molecule has 2 atom stereocenters. The number of ether oxygens (including phenoxy) is 1. The van der Waals surface area contributed by atoms with Crippen molar-refractivity contribution in [3.05, 3.63) is 0 Å². The van der Waals surface area contributed by atoms with Crippen molar-refractivity contribution in [3.8, 4) is 0 Å². The normalized spacial score (nSPS) is 27.7. The first-order chi connectivity index (χ1) is 6.78. The monoisotopic (exact) mass is 221 g/mol. The fourth-order valence-electron chi connectivity index (χ4n) is 1.45. The number of amides is 1. The number of carbonyl (C=O) groups excluding carboxylic acids is 1. The van der Waals surface area contributed by atoms with E-state index in [1.54, 1.807) is 20.8 Å². The number of hydrogen-bond acceptors (Lipinski definition) is 2. The molecule has 0 aliphatic carbocycles. The second kappa shape index (κ2) is 4.33. The third-order valence-corrected chi connectivity index (χ3v) is 2.00. The van der Waals surface area contributed by atoms with Gasteiger partial charge in [0.25, 0.3) is 0 Å². The van der Waals surface area contributed by atoms with Gasteiger partial charge in [-0.15, -0.1) is 0 Å². The van der Waals surface area contributed by atoms with E-state index in [9.17, 15) is 13.6 Å². The van der Waals surface area contributed by atoms with Gasteiger partial charge in [-0.2, -0.15) is 0 Å². The molecule has 0 spiro atoms. The van der Waals surface area contributed by atoms with Gasteiger partial charge in [0.15, 0.2) is 0 Å². The number of carbonyl (C=O) groups is 1. The van der Waals surface area contributed by atoms with Gasteiger partial charge in [-0.05, 0) is 20.8 Å². The summed E-state index contributed by atoms with van der Waals surface area (Å²) in [6.45, 7) is 5.00. The Hall–Kier alpha value is -0.870. The molecule has 1 rings (SSSR count). The van der Waals surface area contributed by atoms with E-state index in [1.165, 1.54) is 0 Å². The third kappa shape index (κ3) is 4.01. The van der Waals surface area contributed by atoms with E-state index in [1.807, 2.05) is 0 Å². The summed E-state index contributed by atoms with van der Waals surface area (Å²) in [4.78, 5) is 12.6. The van der Waals surface area contributed by atoms with E-state index < -0.39 is 24.0 Å². The van der Waals surface area contributed by atoms with Crippen molar-refractivity contribution in [3.63, 3.8) is 0 Å². The number of piperidine rings is 1. The summed E-state index contributed by atoms with van der Waals surface area (Å²) >= 11 is 0. The summed E-state index contributed by atoms with van der Waals surface area (Å²) in [6.07, 6.45) is -3.35. The van der Waals surface area contributed by atoms with Crippen LogP contribution in [-0.4, -0.2) is 42.0 Å². The summed E-state index contributed by atoms with van der Waals surface area (Å²) in [5.74, 6) is 0. The molecule has 1 saturated heterocycles. The molecule has 0 saturated carbocycles. The van der Waals surface area contributed by atoms with Gasteiger partial charge in [-0.1, -0.05) is 0 Å². The van der Waals surface area contributed by atoms with Crippen LogP contribution in [0.5, 0.6) is 0 Å². The Kier molecular flexibility index (Phi) is 3.52. The van der Waals surface area contributed by atoms with Crippen LogP contribution < -0.4 is 0 Å². The highest BCUT2D eigenvalue weighted by Gasteiger charge is 2.32. The van der Waals surface area contributed by atoms with Gasteiger partial charge in [0, 0.05) is 6.42 Å². The van der Waals surface area contributed by atoms with Crippen molar-refractivity contribution in [2.75, 3.05) is 13.1 Å². The largest absolute Gasteiger partial charge is 0.444 e. The fraction of sp³-hybridized carbons (Fsp3) is 0.900. The lowest BCUT2D eigenvalue weighted by Crippen LogP contribution is -2.47. The van der Waals surface area contributed by atoms with E-state index in [-0.39, 0.29) is 19.5 Å². The van der Waals surface area contributed by atoms with Crippen molar-refractivity contribution >= 4 is 6.09 Å². The molecular weight excluding hydrogens is 204 g/mol. The van der Waals surface area contributed by atoms with Gasteiger partial charge in [0.1, 0.15) is 17.9 Å². The third-order valence-electron chi connectivity index (χ3n) is 2.00. The highest BCUT2D eigenvalue weighted by Crippen LogP contribution is 2.19. The van der Waals surface area contributed by atoms with Gasteiger partial charge in [0.05, 0.1) is 13.1 Å². The fourth-order valence-corrected chi connectivity index (χ4v) is 1.45. The average Bonchev–Trinajstić information content (AvgIpc) is 1.98. The first-order valence-corrected chi connectivity index (χ1v) is 5.04. The van der Waals surface area contributed by atoms with Gasteiger partial charge in [-0.25, -0.2) is 13.6 Å². The predicted molar refractivity (Wildman–Crippen MR) is 52.2 cm³/mol. The Morgan fingerprint density at radius 1 is 1.27 bits per heavy atom. The van der Waals surface area contributed by atoms with Crippen LogP contribution in [0.3, 0.4) is 0 Å². The van der Waals surface area contributed by atoms with Crippen LogP contribution in [0.25, 0.3) is 0 Å². The number of halogens is 2. The van der Waals surface area contributed by atoms with E-state index in [0.717, 1.165) is 4.90 Å². The van der Waals surface area contributed by atoms with Gasteiger partial charge in [0.2, 0.25) is 0 Å². The summed E-state index contributed by atoms with van der Waals surface area (Å²) in [5.41, 5.74) is -0.633. The maximum Gasteiger partial charge on any atom is 0.410 e. The molecule has 1 aliphatic heterocycles. The van der Waals surface area contributed by atoms with Gasteiger partial charge < -0.3 is 9.64 Å². The van der Waals surface area contributed by atoms with Crippen LogP contribution in [0.4, 0.5) is 13.6 Å². The first-order valence-electron chi connectivity index (χ1n) is 5.04. The van der Waals surface area contributed by atoms with Crippen molar-refractivity contribution in [2.45, 2.75) is 45.1 Å². The molecule has 1 aliphatic rings. The van der Waals surface area contributed by atoms with Crippen molar-refractivity contribution in [2.24, 2.45) is 0 Å². The van der Waals surface area contributed by atoms with Gasteiger partial charge >= 0.3 is 6.09 Å². The maximum atomic E-state index is 13.0. The zero-order valence-electron chi connectivity index (χ0n) is 9.30. The minimum atomic E-state index is -1.29. The van der Waals surface area contributed by atoms with Crippen LogP contribution in [-0.2, 0) is 4.74 Å². The molecule has 0 aromatic heterocycles. The highest BCUT2D eigenvalue weighted by molar-refractivity contribution is 5.68. The Morgan fingerprint density at radius 3 is 2.13 bits per heavy atom. The Balaban J connectivity index is 2.52. The molecule has 0 aromatic carbocycles. The lowest BCUT2D eigenvalue weighted by atomic mass is 10.1. The van der Waals surface area contributed by atoms with Crippen molar-refractivity contribution < 1.29 is 18.3 Å². The van der Waals surface area contributed by atoms with Crippen LogP contribution in [0, 0.1) is 0 Å². The minimum Gasteiger partial charge on any atom is -0.444 e. The molecule has 1 heterocycles. The summed E-state index contributed by atoms with van der Waals surface area (Å²) in [5, 5.41) is 0. The first kappa shape index (κ1) is 12.2. The zero-order chi connectivity index (χ0) is 11.6. The van der Waals surface area contributed by atoms with E-state index in [2.05, 4.69) is 0 Å². The Bertz CT molecular complexity index is 230. The molecular formula is C10H17F2NO2. The summed E-state index contributed by atoms with van der Waals surface area (Å²) in [7, 11) is 0. The Morgan fingerprint density at radius 2 is 1.73 bits per heavy atom. The summed E-state index contributed by atoms with van der Waals surface area (Å²) in [6, 6.07) is 0. The second-order valence-electron chi connectivity index (χ2n) is 4.82. The number of rotatable bonds is 0. The number of hydrogen-bond donors (Lipinski definition) is 0. The van der Waals surface area contributed by atoms with Crippen LogP contribution in [0.15, 0.2) is 0 Å². The molecule has 0 bridgehead atoms. The lowest BCUT2D eigenvalue weighted by Gasteiger charge is -2.32. The standard InChI is InChI=1S/C10H17F2NO2/c1-10(2,3)15-9(14)13-5-7(11)4-8(12)6-13/h7-8H,4-6H2,1-3H3/t7-,8+. The molecule has 0 N–H and O–H groups in total. The quantitative estimate of drug-likeness (QED) is 0.628. The smallest absolute Gasteiger partial charge is 0.410 e. The molecule has 15 heavy (non-hydrogen) atoms. The molecule has 0 radical (unpaired) electrons. The molecule has 1 fully saturated rings. The minimum absolute atomic E-state index is 0.0741. The SMILES string of the molecule is CC(C)(C)OC(=O)N1C[C@H](F)C[C@H](F)C1. The van der Waals surface area contributed by atoms with E-state index in [0.29, 0.717) is 0 Å². The molecule has 5 heteroatoms. The summed E-state index contributed by atoms with van der Waals surface area (Å²) < 4.78 is 31.0. The lowest BCUT2D eigenvalue weighted by molar-refractivity contribution is 0.00196. The maximum absolute atomic E-state index is 13.0. The second-order valence-corrected chi connectivity index (χ2v) is 4.82. The van der Waals surface area contributed by atoms with Crippen LogP contribution in [0.2, 0.25) is 0 Å². The van der Waals surface area contributed by atoms with E-state index in [4.69, 9.17) is 4.74 Å².